The van der Waals surface area contributed by atoms with Crippen molar-refractivity contribution in [1.82, 2.24) is 15.1 Å². The van der Waals surface area contributed by atoms with Gasteiger partial charge in [-0.3, -0.25) is 14.5 Å². The Morgan fingerprint density at radius 1 is 1.17 bits per heavy atom. The zero-order valence-electron chi connectivity index (χ0n) is 13.2. The van der Waals surface area contributed by atoms with Gasteiger partial charge in [0.15, 0.2) is 0 Å². The molecule has 124 valence electrons. The van der Waals surface area contributed by atoms with Crippen LogP contribution in [0.5, 0.6) is 0 Å². The Morgan fingerprint density at radius 2 is 1.91 bits per heavy atom. The molecule has 1 aromatic rings. The van der Waals surface area contributed by atoms with Crippen molar-refractivity contribution in [3.63, 3.8) is 0 Å². The normalized spacial score (nSPS) is 22.3. The van der Waals surface area contributed by atoms with Crippen LogP contribution in [0, 0.1) is 0 Å². The minimum absolute atomic E-state index is 0.0104. The van der Waals surface area contributed by atoms with Gasteiger partial charge in [-0.25, -0.2) is 0 Å². The molecule has 1 atom stereocenters. The van der Waals surface area contributed by atoms with Crippen LogP contribution in [0.4, 0.5) is 0 Å². The molecule has 1 N–H and O–H groups in total. The molecule has 0 bridgehead atoms. The van der Waals surface area contributed by atoms with Gasteiger partial charge in [-0.1, -0.05) is 18.2 Å². The zero-order valence-corrected chi connectivity index (χ0v) is 13.2. The van der Waals surface area contributed by atoms with E-state index in [1.807, 2.05) is 23.1 Å². The molecule has 6 heteroatoms. The molecule has 6 nitrogen and oxygen atoms in total. The monoisotopic (exact) mass is 317 g/mol. The molecule has 3 rings (SSSR count). The first-order valence-electron chi connectivity index (χ1n) is 8.19. The molecular formula is C17H23N3O3. The summed E-state index contributed by atoms with van der Waals surface area (Å²) < 4.78 is 5.34. The first-order valence-corrected chi connectivity index (χ1v) is 8.19. The fraction of sp³-hybridized carbons (Fsp3) is 0.529. The van der Waals surface area contributed by atoms with Gasteiger partial charge in [0.05, 0.1) is 19.3 Å². The lowest BCUT2D eigenvalue weighted by Gasteiger charge is -2.31. The molecule has 0 radical (unpaired) electrons. The number of nitrogens with zero attached hydrogens (tertiary/aromatic N) is 2. The number of ether oxygens (including phenoxy) is 1. The summed E-state index contributed by atoms with van der Waals surface area (Å²) in [6.07, 6.45) is 0.867. The van der Waals surface area contributed by atoms with Crippen molar-refractivity contribution >= 4 is 11.8 Å². The largest absolute Gasteiger partial charge is 0.379 e. The molecule has 23 heavy (non-hydrogen) atoms. The lowest BCUT2D eigenvalue weighted by molar-refractivity contribution is -0.133. The van der Waals surface area contributed by atoms with E-state index in [0.29, 0.717) is 31.9 Å². The minimum atomic E-state index is -0.0954. The second kappa shape index (κ2) is 7.57. The van der Waals surface area contributed by atoms with Crippen LogP contribution in [0.3, 0.4) is 0 Å². The third kappa shape index (κ3) is 3.89. The van der Waals surface area contributed by atoms with Crippen molar-refractivity contribution in [2.75, 3.05) is 45.9 Å². The van der Waals surface area contributed by atoms with Gasteiger partial charge in [0.2, 0.25) is 5.91 Å². The molecule has 2 aliphatic rings. The predicted octanol–water partition coefficient (Wildman–Crippen LogP) is 0.350. The SMILES string of the molecule is O=C(NCCN1CC[C@H](N2CCOCC2)C1=O)c1ccccc1. The lowest BCUT2D eigenvalue weighted by Crippen LogP contribution is -2.48. The van der Waals surface area contributed by atoms with Crippen molar-refractivity contribution in [1.29, 1.82) is 0 Å². The van der Waals surface area contributed by atoms with Crippen molar-refractivity contribution in [2.24, 2.45) is 0 Å². The Kier molecular flexibility index (Phi) is 5.25. The second-order valence-corrected chi connectivity index (χ2v) is 5.90. The number of nitrogens with one attached hydrogen (secondary N) is 1. The molecule has 2 aliphatic heterocycles. The van der Waals surface area contributed by atoms with Gasteiger partial charge < -0.3 is 15.0 Å². The van der Waals surface area contributed by atoms with E-state index in [1.54, 1.807) is 12.1 Å². The van der Waals surface area contributed by atoms with Crippen molar-refractivity contribution in [3.8, 4) is 0 Å². The van der Waals surface area contributed by atoms with Crippen molar-refractivity contribution in [2.45, 2.75) is 12.5 Å². The van der Waals surface area contributed by atoms with Gasteiger partial charge in [-0.2, -0.15) is 0 Å². The number of likely N-dealkylation sites (tertiary alicyclic amines) is 1. The molecule has 2 saturated heterocycles. The number of hydrogen-bond acceptors (Lipinski definition) is 4. The average molecular weight is 317 g/mol. The van der Waals surface area contributed by atoms with Crippen LogP contribution in [0.15, 0.2) is 30.3 Å². The highest BCUT2D eigenvalue weighted by Crippen LogP contribution is 2.18. The average Bonchev–Trinajstić information content (AvgIpc) is 2.97. The maximum Gasteiger partial charge on any atom is 0.251 e. The van der Waals surface area contributed by atoms with Crippen LogP contribution in [0.2, 0.25) is 0 Å². The molecule has 0 saturated carbocycles. The topological polar surface area (TPSA) is 61.9 Å². The molecule has 0 aliphatic carbocycles. The molecule has 0 spiro atoms. The van der Waals surface area contributed by atoms with E-state index in [0.717, 1.165) is 26.1 Å². The highest BCUT2D eigenvalue weighted by molar-refractivity contribution is 5.94. The summed E-state index contributed by atoms with van der Waals surface area (Å²) in [4.78, 5) is 28.5. The molecule has 2 fully saturated rings. The summed E-state index contributed by atoms with van der Waals surface area (Å²) in [6, 6.07) is 9.11. The van der Waals surface area contributed by atoms with Gasteiger partial charge in [0.25, 0.3) is 5.91 Å². The third-order valence-corrected chi connectivity index (χ3v) is 4.46. The van der Waals surface area contributed by atoms with Crippen LogP contribution >= 0.6 is 0 Å². The number of carbonyl (C=O) groups is 2. The highest BCUT2D eigenvalue weighted by Gasteiger charge is 2.36. The Balaban J connectivity index is 1.44. The Hall–Kier alpha value is -1.92. The Morgan fingerprint density at radius 3 is 2.65 bits per heavy atom. The lowest BCUT2D eigenvalue weighted by atomic mass is 10.2. The number of benzene rings is 1. The minimum Gasteiger partial charge on any atom is -0.379 e. The van der Waals surface area contributed by atoms with E-state index < -0.39 is 0 Å². The molecule has 0 aromatic heterocycles. The Bertz CT molecular complexity index is 543. The summed E-state index contributed by atoms with van der Waals surface area (Å²) in [6.45, 7) is 4.88. The smallest absolute Gasteiger partial charge is 0.251 e. The van der Waals surface area contributed by atoms with Crippen molar-refractivity contribution in [3.05, 3.63) is 35.9 Å². The van der Waals surface area contributed by atoms with E-state index in [9.17, 15) is 9.59 Å². The maximum absolute atomic E-state index is 12.5. The predicted molar refractivity (Wildman–Crippen MR) is 86.2 cm³/mol. The van der Waals surface area contributed by atoms with Gasteiger partial charge in [0.1, 0.15) is 0 Å². The molecule has 1 aromatic carbocycles. The number of morpholine rings is 1. The molecular weight excluding hydrogens is 294 g/mol. The summed E-state index contributed by atoms with van der Waals surface area (Å²) in [7, 11) is 0. The van der Waals surface area contributed by atoms with E-state index in [-0.39, 0.29) is 17.9 Å². The molecule has 2 heterocycles. The summed E-state index contributed by atoms with van der Waals surface area (Å²) in [5, 5.41) is 2.87. The number of rotatable bonds is 5. The molecule has 0 unspecified atom stereocenters. The van der Waals surface area contributed by atoms with Crippen molar-refractivity contribution < 1.29 is 14.3 Å². The van der Waals surface area contributed by atoms with Crippen LogP contribution in [0.25, 0.3) is 0 Å². The summed E-state index contributed by atoms with van der Waals surface area (Å²) in [5.74, 6) is 0.0860. The zero-order chi connectivity index (χ0) is 16.1. The van der Waals surface area contributed by atoms with Crippen LogP contribution in [-0.4, -0.2) is 73.6 Å². The highest BCUT2D eigenvalue weighted by atomic mass is 16.5. The van der Waals surface area contributed by atoms with E-state index in [2.05, 4.69) is 10.2 Å². The quantitative estimate of drug-likeness (QED) is 0.851. The van der Waals surface area contributed by atoms with E-state index >= 15 is 0 Å². The summed E-state index contributed by atoms with van der Waals surface area (Å²) in [5.41, 5.74) is 0.645. The van der Waals surface area contributed by atoms with Crippen LogP contribution in [-0.2, 0) is 9.53 Å². The third-order valence-electron chi connectivity index (χ3n) is 4.46. The first kappa shape index (κ1) is 16.0. The fourth-order valence-corrected chi connectivity index (χ4v) is 3.17. The first-order chi connectivity index (χ1) is 11.3. The van der Waals surface area contributed by atoms with E-state index in [1.165, 1.54) is 0 Å². The van der Waals surface area contributed by atoms with E-state index in [4.69, 9.17) is 4.74 Å². The number of amides is 2. The van der Waals surface area contributed by atoms with Gasteiger partial charge >= 0.3 is 0 Å². The standard InChI is InChI=1S/C17H23N3O3/c21-16(14-4-2-1-3-5-14)18-7-9-20-8-6-15(17(20)22)19-10-12-23-13-11-19/h1-5,15H,6-13H2,(H,18,21)/t15-/m0/s1. The fourth-order valence-electron chi connectivity index (χ4n) is 3.17. The molecule has 2 amide bonds. The maximum atomic E-state index is 12.5. The van der Waals surface area contributed by atoms with Gasteiger partial charge in [0, 0.05) is 38.3 Å². The number of carbonyl (C=O) groups excluding carboxylic acids is 2. The van der Waals surface area contributed by atoms with Crippen LogP contribution in [0.1, 0.15) is 16.8 Å². The van der Waals surface area contributed by atoms with Gasteiger partial charge in [-0.05, 0) is 18.6 Å². The van der Waals surface area contributed by atoms with Crippen LogP contribution < -0.4 is 5.32 Å². The Labute approximate surface area is 136 Å². The summed E-state index contributed by atoms with van der Waals surface area (Å²) >= 11 is 0. The second-order valence-electron chi connectivity index (χ2n) is 5.90. The van der Waals surface area contributed by atoms with Gasteiger partial charge in [-0.15, -0.1) is 0 Å². The number of hydrogen-bond donors (Lipinski definition) is 1.